The maximum atomic E-state index is 4.38. The molecule has 5 nitrogen and oxygen atoms in total. The van der Waals surface area contributed by atoms with Gasteiger partial charge in [0.1, 0.15) is 5.82 Å². The van der Waals surface area contributed by atoms with Gasteiger partial charge in [-0.3, -0.25) is 0 Å². The summed E-state index contributed by atoms with van der Waals surface area (Å²) in [6.45, 7) is 4.98. The van der Waals surface area contributed by atoms with E-state index in [-0.39, 0.29) is 0 Å². The van der Waals surface area contributed by atoms with Crippen LogP contribution in [0.2, 0.25) is 0 Å². The van der Waals surface area contributed by atoms with E-state index in [0.29, 0.717) is 0 Å². The molecule has 2 rings (SSSR count). The van der Waals surface area contributed by atoms with Crippen molar-refractivity contribution in [2.75, 3.05) is 6.54 Å². The van der Waals surface area contributed by atoms with E-state index in [0.717, 1.165) is 44.0 Å². The summed E-state index contributed by atoms with van der Waals surface area (Å²) >= 11 is 0. The van der Waals surface area contributed by atoms with Crippen molar-refractivity contribution in [3.8, 4) is 0 Å². The lowest BCUT2D eigenvalue weighted by Gasteiger charge is -2.02. The van der Waals surface area contributed by atoms with E-state index in [4.69, 9.17) is 0 Å². The first-order valence-electron chi connectivity index (χ1n) is 6.47. The minimum absolute atomic E-state index is 0.850. The third-order valence-corrected chi connectivity index (χ3v) is 2.93. The Kier molecular flexibility index (Phi) is 4.52. The molecule has 2 aromatic rings. The van der Waals surface area contributed by atoms with Gasteiger partial charge in [-0.15, -0.1) is 0 Å². The van der Waals surface area contributed by atoms with Crippen molar-refractivity contribution in [1.82, 2.24) is 24.4 Å². The van der Waals surface area contributed by atoms with Gasteiger partial charge in [0.25, 0.3) is 0 Å². The first-order valence-corrected chi connectivity index (χ1v) is 6.47. The number of aromatic nitrogens is 4. The predicted octanol–water partition coefficient (Wildman–Crippen LogP) is 1.36. The molecule has 2 heterocycles. The topological polar surface area (TPSA) is 47.7 Å². The number of nitrogens with one attached hydrogen (secondary N) is 1. The molecule has 0 aliphatic rings. The van der Waals surface area contributed by atoms with Crippen molar-refractivity contribution in [3.05, 3.63) is 36.4 Å². The number of hydrogen-bond acceptors (Lipinski definition) is 3. The van der Waals surface area contributed by atoms with E-state index in [1.165, 1.54) is 0 Å². The minimum atomic E-state index is 0.850. The molecule has 0 saturated heterocycles. The molecule has 0 aromatic carbocycles. The Labute approximate surface area is 108 Å². The lowest BCUT2D eigenvalue weighted by Crippen LogP contribution is -2.13. The quantitative estimate of drug-likeness (QED) is 0.752. The first-order chi connectivity index (χ1) is 8.79. The average molecular weight is 247 g/mol. The molecule has 0 aliphatic heterocycles. The van der Waals surface area contributed by atoms with Gasteiger partial charge in [0.2, 0.25) is 0 Å². The van der Waals surface area contributed by atoms with Gasteiger partial charge in [0.05, 0.1) is 12.0 Å². The second kappa shape index (κ2) is 6.35. The Morgan fingerprint density at radius 3 is 2.94 bits per heavy atom. The van der Waals surface area contributed by atoms with Crippen LogP contribution in [0.1, 0.15) is 24.9 Å². The maximum absolute atomic E-state index is 4.38. The number of aryl methyl sites for hydroxylation is 3. The summed E-state index contributed by atoms with van der Waals surface area (Å²) in [5.41, 5.74) is 1.10. The van der Waals surface area contributed by atoms with Crippen molar-refractivity contribution in [2.45, 2.75) is 32.9 Å². The summed E-state index contributed by atoms with van der Waals surface area (Å²) in [5.74, 6) is 1.11. The summed E-state index contributed by atoms with van der Waals surface area (Å²) in [6.07, 6.45) is 9.89. The van der Waals surface area contributed by atoms with Crippen molar-refractivity contribution in [2.24, 2.45) is 7.05 Å². The number of nitrogens with zero attached hydrogens (tertiary/aromatic N) is 4. The van der Waals surface area contributed by atoms with Gasteiger partial charge < -0.3 is 14.5 Å². The van der Waals surface area contributed by atoms with Crippen LogP contribution < -0.4 is 5.32 Å². The second-order valence-corrected chi connectivity index (χ2v) is 4.48. The van der Waals surface area contributed by atoms with E-state index in [1.54, 1.807) is 0 Å². The van der Waals surface area contributed by atoms with Crippen LogP contribution in [0.25, 0.3) is 0 Å². The van der Waals surface area contributed by atoms with E-state index >= 15 is 0 Å². The molecule has 0 unspecified atom stereocenters. The van der Waals surface area contributed by atoms with E-state index in [9.17, 15) is 0 Å². The molecule has 0 bridgehead atoms. The van der Waals surface area contributed by atoms with E-state index < -0.39 is 0 Å². The van der Waals surface area contributed by atoms with Gasteiger partial charge in [0.15, 0.2) is 0 Å². The van der Waals surface area contributed by atoms with Gasteiger partial charge in [-0.1, -0.05) is 6.92 Å². The van der Waals surface area contributed by atoms with Crippen molar-refractivity contribution in [3.63, 3.8) is 0 Å². The Morgan fingerprint density at radius 2 is 2.22 bits per heavy atom. The van der Waals surface area contributed by atoms with Gasteiger partial charge >= 0.3 is 0 Å². The van der Waals surface area contributed by atoms with Gasteiger partial charge in [-0.2, -0.15) is 0 Å². The first kappa shape index (κ1) is 12.8. The highest BCUT2D eigenvalue weighted by Gasteiger charge is 2.01. The van der Waals surface area contributed by atoms with Crippen molar-refractivity contribution < 1.29 is 0 Å². The molecule has 0 saturated carbocycles. The Hall–Kier alpha value is -1.62. The van der Waals surface area contributed by atoms with Crippen LogP contribution in [0.5, 0.6) is 0 Å². The highest BCUT2D eigenvalue weighted by Crippen LogP contribution is 2.01. The number of hydrogen-bond donors (Lipinski definition) is 1. The molecular weight excluding hydrogens is 226 g/mol. The molecule has 5 heteroatoms. The van der Waals surface area contributed by atoms with E-state index in [1.807, 2.05) is 25.8 Å². The molecule has 2 aromatic heterocycles. The SMILES string of the molecule is CCCNCc1cn(CCc2nccn2C)cn1. The fraction of sp³-hybridized carbons (Fsp3) is 0.538. The largest absolute Gasteiger partial charge is 0.338 e. The standard InChI is InChI=1S/C13H21N5/c1-3-5-14-9-12-10-18(11-16-12)7-4-13-15-6-8-17(13)2/h6,8,10-11,14H,3-5,7,9H2,1-2H3. The van der Waals surface area contributed by atoms with Crippen LogP contribution in [0.3, 0.4) is 0 Å². The Morgan fingerprint density at radius 1 is 1.33 bits per heavy atom. The minimum Gasteiger partial charge on any atom is -0.338 e. The zero-order valence-corrected chi connectivity index (χ0v) is 11.1. The molecule has 0 spiro atoms. The molecule has 0 fully saturated rings. The smallest absolute Gasteiger partial charge is 0.110 e. The second-order valence-electron chi connectivity index (χ2n) is 4.48. The van der Waals surface area contributed by atoms with Gasteiger partial charge in [-0.25, -0.2) is 9.97 Å². The van der Waals surface area contributed by atoms with Crippen LogP contribution in [0.4, 0.5) is 0 Å². The van der Waals surface area contributed by atoms with Crippen LogP contribution in [0.15, 0.2) is 24.9 Å². The molecule has 0 atom stereocenters. The zero-order chi connectivity index (χ0) is 12.8. The normalized spacial score (nSPS) is 11.0. The zero-order valence-electron chi connectivity index (χ0n) is 11.1. The third kappa shape index (κ3) is 3.43. The molecule has 18 heavy (non-hydrogen) atoms. The monoisotopic (exact) mass is 247 g/mol. The van der Waals surface area contributed by atoms with Crippen molar-refractivity contribution in [1.29, 1.82) is 0 Å². The molecule has 1 N–H and O–H groups in total. The Balaban J connectivity index is 1.81. The third-order valence-electron chi connectivity index (χ3n) is 2.93. The maximum Gasteiger partial charge on any atom is 0.110 e. The highest BCUT2D eigenvalue weighted by atomic mass is 15.1. The molecule has 0 radical (unpaired) electrons. The van der Waals surface area contributed by atoms with Crippen molar-refractivity contribution >= 4 is 0 Å². The molecule has 0 amide bonds. The summed E-state index contributed by atoms with van der Waals surface area (Å²) in [7, 11) is 2.02. The van der Waals surface area contributed by atoms with Gasteiger partial charge in [-0.05, 0) is 13.0 Å². The lowest BCUT2D eigenvalue weighted by atomic mass is 10.4. The lowest BCUT2D eigenvalue weighted by molar-refractivity contribution is 0.645. The predicted molar refractivity (Wildman–Crippen MR) is 71.1 cm³/mol. The van der Waals surface area contributed by atoms with E-state index in [2.05, 4.69) is 37.5 Å². The molecular formula is C13H21N5. The average Bonchev–Trinajstić information content (AvgIpc) is 2.96. The number of imidazole rings is 2. The molecule has 98 valence electrons. The van der Waals surface area contributed by atoms with Crippen LogP contribution >= 0.6 is 0 Å². The fourth-order valence-corrected chi connectivity index (χ4v) is 1.88. The van der Waals surface area contributed by atoms with Gasteiger partial charge in [0, 0.05) is 45.1 Å². The van der Waals surface area contributed by atoms with Crippen LogP contribution in [-0.2, 0) is 26.6 Å². The highest BCUT2D eigenvalue weighted by molar-refractivity contribution is 4.97. The van der Waals surface area contributed by atoms with Crippen LogP contribution in [0, 0.1) is 0 Å². The summed E-state index contributed by atoms with van der Waals surface area (Å²) in [5, 5.41) is 3.35. The molecule has 0 aliphatic carbocycles. The summed E-state index contributed by atoms with van der Waals surface area (Å²) < 4.78 is 4.18. The number of rotatable bonds is 7. The fourth-order valence-electron chi connectivity index (χ4n) is 1.88. The Bertz CT molecular complexity index is 471. The summed E-state index contributed by atoms with van der Waals surface area (Å²) in [6, 6.07) is 0. The van der Waals surface area contributed by atoms with Crippen LogP contribution in [-0.4, -0.2) is 25.6 Å². The summed E-state index contributed by atoms with van der Waals surface area (Å²) in [4.78, 5) is 8.70.